The molecule has 0 saturated heterocycles. The van der Waals surface area contributed by atoms with E-state index in [1.54, 1.807) is 7.05 Å². The summed E-state index contributed by atoms with van der Waals surface area (Å²) < 4.78 is 5.87. The molecule has 0 unspecified atom stereocenters. The monoisotopic (exact) mass is 286 g/mol. The first-order valence-electron chi connectivity index (χ1n) is 6.11. The van der Waals surface area contributed by atoms with Gasteiger partial charge in [-0.2, -0.15) is 0 Å². The molecular weight excluding hydrogens is 264 g/mol. The summed E-state index contributed by atoms with van der Waals surface area (Å²) in [7, 11) is 7.85. The van der Waals surface area contributed by atoms with Crippen LogP contribution in [-0.2, 0) is 0 Å². The highest BCUT2D eigenvalue weighted by molar-refractivity contribution is 5.70. The zero-order valence-corrected chi connectivity index (χ0v) is 13.2. The number of nitrogens with zero attached hydrogens (tertiary/aromatic N) is 1. The third-order valence-electron chi connectivity index (χ3n) is 2.76. The molecule has 0 fully saturated rings. The molecule has 0 spiro atoms. The SMILES string of the molecule is CNC(=O)Oc1ccc(C(C)C)c([N+](C)(C)C)c1.[Cl-]. The summed E-state index contributed by atoms with van der Waals surface area (Å²) in [5.74, 6) is 1.01. The number of ether oxygens (including phenoxy) is 1. The maximum absolute atomic E-state index is 11.2. The van der Waals surface area contributed by atoms with E-state index in [0.717, 1.165) is 5.69 Å². The summed E-state index contributed by atoms with van der Waals surface area (Å²) in [6, 6.07) is 5.80. The van der Waals surface area contributed by atoms with Gasteiger partial charge in [0, 0.05) is 18.7 Å². The van der Waals surface area contributed by atoms with E-state index in [-0.39, 0.29) is 12.4 Å². The maximum Gasteiger partial charge on any atom is 0.412 e. The van der Waals surface area contributed by atoms with E-state index in [9.17, 15) is 4.79 Å². The number of halogens is 1. The van der Waals surface area contributed by atoms with E-state index >= 15 is 0 Å². The molecule has 1 N–H and O–H groups in total. The molecule has 0 aromatic heterocycles. The first-order valence-corrected chi connectivity index (χ1v) is 6.11. The molecule has 5 heteroatoms. The summed E-state index contributed by atoms with van der Waals surface area (Å²) in [5.41, 5.74) is 2.43. The summed E-state index contributed by atoms with van der Waals surface area (Å²) >= 11 is 0. The van der Waals surface area contributed by atoms with Crippen LogP contribution in [0.5, 0.6) is 5.75 Å². The lowest BCUT2D eigenvalue weighted by atomic mass is 9.99. The first-order chi connectivity index (χ1) is 8.25. The predicted octanol–water partition coefficient (Wildman–Crippen LogP) is -0.271. The molecule has 1 amide bonds. The second kappa shape index (κ2) is 6.78. The van der Waals surface area contributed by atoms with Crippen molar-refractivity contribution in [1.29, 1.82) is 0 Å². The van der Waals surface area contributed by atoms with Crippen molar-refractivity contribution in [3.63, 3.8) is 0 Å². The second-order valence-corrected chi connectivity index (χ2v) is 5.53. The molecule has 0 aliphatic heterocycles. The molecule has 1 aromatic rings. The van der Waals surface area contributed by atoms with Crippen molar-refractivity contribution >= 4 is 11.8 Å². The van der Waals surface area contributed by atoms with E-state index < -0.39 is 6.09 Å². The lowest BCUT2D eigenvalue weighted by Gasteiger charge is -2.27. The molecule has 0 radical (unpaired) electrons. The van der Waals surface area contributed by atoms with Crippen LogP contribution >= 0.6 is 0 Å². The minimum Gasteiger partial charge on any atom is -1.00 e. The normalized spacial score (nSPS) is 10.9. The first kappa shape index (κ1) is 17.7. The molecule has 0 heterocycles. The molecular formula is C14H23ClN2O2. The molecule has 0 bridgehead atoms. The summed E-state index contributed by atoms with van der Waals surface area (Å²) in [6.07, 6.45) is -0.445. The molecule has 108 valence electrons. The Labute approximate surface area is 121 Å². The Balaban J connectivity index is 0.00000324. The van der Waals surface area contributed by atoms with E-state index in [1.165, 1.54) is 5.56 Å². The van der Waals surface area contributed by atoms with Crippen LogP contribution < -0.4 is 26.9 Å². The van der Waals surface area contributed by atoms with Gasteiger partial charge in [0.2, 0.25) is 0 Å². The van der Waals surface area contributed by atoms with Crippen molar-refractivity contribution in [3.8, 4) is 5.75 Å². The van der Waals surface area contributed by atoms with Crippen LogP contribution in [0.15, 0.2) is 18.2 Å². The third-order valence-corrected chi connectivity index (χ3v) is 2.76. The Hall–Kier alpha value is -1.26. The van der Waals surface area contributed by atoms with Gasteiger partial charge in [-0.25, -0.2) is 4.79 Å². The van der Waals surface area contributed by atoms with Crippen molar-refractivity contribution < 1.29 is 21.9 Å². The van der Waals surface area contributed by atoms with Crippen molar-refractivity contribution in [2.75, 3.05) is 28.2 Å². The molecule has 1 rings (SSSR count). The van der Waals surface area contributed by atoms with Gasteiger partial charge in [0.25, 0.3) is 0 Å². The molecule has 0 aliphatic carbocycles. The Bertz CT molecular complexity index is 440. The second-order valence-electron chi connectivity index (χ2n) is 5.53. The van der Waals surface area contributed by atoms with Gasteiger partial charge in [-0.1, -0.05) is 13.8 Å². The van der Waals surface area contributed by atoms with Gasteiger partial charge in [0.05, 0.1) is 21.1 Å². The number of carbonyl (C=O) groups excluding carboxylic acids is 1. The van der Waals surface area contributed by atoms with Crippen LogP contribution in [-0.4, -0.2) is 34.3 Å². The van der Waals surface area contributed by atoms with Gasteiger partial charge >= 0.3 is 6.09 Å². The average Bonchev–Trinajstić information content (AvgIpc) is 2.27. The number of carbonyl (C=O) groups is 1. The average molecular weight is 287 g/mol. The molecule has 4 nitrogen and oxygen atoms in total. The van der Waals surface area contributed by atoms with Crippen LogP contribution in [0.1, 0.15) is 25.3 Å². The molecule has 19 heavy (non-hydrogen) atoms. The van der Waals surface area contributed by atoms with Crippen LogP contribution in [0, 0.1) is 0 Å². The van der Waals surface area contributed by atoms with Crippen molar-refractivity contribution in [2.24, 2.45) is 0 Å². The van der Waals surface area contributed by atoms with E-state index in [1.807, 2.05) is 18.2 Å². The number of rotatable bonds is 3. The van der Waals surface area contributed by atoms with Gasteiger partial charge < -0.3 is 22.5 Å². The van der Waals surface area contributed by atoms with Gasteiger partial charge in [-0.3, -0.25) is 4.48 Å². The molecule has 0 atom stereocenters. The maximum atomic E-state index is 11.2. The fourth-order valence-corrected chi connectivity index (χ4v) is 1.81. The van der Waals surface area contributed by atoms with Crippen LogP contribution in [0.2, 0.25) is 0 Å². The predicted molar refractivity (Wildman–Crippen MR) is 75.2 cm³/mol. The highest BCUT2D eigenvalue weighted by atomic mass is 35.5. The quantitative estimate of drug-likeness (QED) is 0.777. The Morgan fingerprint density at radius 3 is 2.26 bits per heavy atom. The fraction of sp³-hybridized carbons (Fsp3) is 0.500. The van der Waals surface area contributed by atoms with Gasteiger partial charge in [0.15, 0.2) is 0 Å². The lowest BCUT2D eigenvalue weighted by molar-refractivity contribution is -0.00000913. The zero-order chi connectivity index (χ0) is 13.9. The minimum absolute atomic E-state index is 0. The zero-order valence-electron chi connectivity index (χ0n) is 12.5. The number of benzene rings is 1. The Morgan fingerprint density at radius 2 is 1.84 bits per heavy atom. The van der Waals surface area contributed by atoms with Crippen LogP contribution in [0.4, 0.5) is 10.5 Å². The standard InChI is InChI=1S/C14H22N2O2.ClH/c1-10(2)12-8-7-11(18-14(17)15-3)9-13(12)16(4,5)6;/h7-10H,1-6H3;1H. The number of amides is 1. The van der Waals surface area contributed by atoms with Crippen molar-refractivity contribution in [3.05, 3.63) is 23.8 Å². The van der Waals surface area contributed by atoms with Crippen LogP contribution in [0.25, 0.3) is 0 Å². The highest BCUT2D eigenvalue weighted by Gasteiger charge is 2.21. The Kier molecular flexibility index (Phi) is 6.33. The topological polar surface area (TPSA) is 38.3 Å². The summed E-state index contributed by atoms with van der Waals surface area (Å²) in [5, 5.41) is 2.44. The number of nitrogens with one attached hydrogen (secondary N) is 1. The number of quaternary nitrogens is 1. The van der Waals surface area contributed by atoms with Gasteiger partial charge in [-0.05, 0) is 18.1 Å². The van der Waals surface area contributed by atoms with Crippen molar-refractivity contribution in [2.45, 2.75) is 19.8 Å². The van der Waals surface area contributed by atoms with E-state index in [4.69, 9.17) is 4.74 Å². The van der Waals surface area contributed by atoms with Gasteiger partial charge in [0.1, 0.15) is 11.4 Å². The summed E-state index contributed by atoms with van der Waals surface area (Å²) in [6.45, 7) is 4.32. The van der Waals surface area contributed by atoms with Crippen molar-refractivity contribution in [1.82, 2.24) is 9.80 Å². The van der Waals surface area contributed by atoms with Gasteiger partial charge in [-0.15, -0.1) is 0 Å². The van der Waals surface area contributed by atoms with Crippen LogP contribution in [0.3, 0.4) is 0 Å². The number of hydrogen-bond acceptors (Lipinski definition) is 2. The minimum atomic E-state index is -0.445. The lowest BCUT2D eigenvalue weighted by Crippen LogP contribution is -3.00. The summed E-state index contributed by atoms with van der Waals surface area (Å²) in [4.78, 5) is 11.2. The van der Waals surface area contributed by atoms with E-state index in [0.29, 0.717) is 16.2 Å². The largest absolute Gasteiger partial charge is 1.00 e. The Morgan fingerprint density at radius 1 is 1.26 bits per heavy atom. The number of hydrogen-bond donors (Lipinski definition) is 1. The molecule has 0 saturated carbocycles. The highest BCUT2D eigenvalue weighted by Crippen LogP contribution is 2.32. The molecule has 1 aromatic carbocycles. The third kappa shape index (κ3) is 4.73. The van der Waals surface area contributed by atoms with E-state index in [2.05, 4.69) is 40.3 Å². The smallest absolute Gasteiger partial charge is 0.412 e. The fourth-order valence-electron chi connectivity index (χ4n) is 1.81. The molecule has 0 aliphatic rings.